The van der Waals surface area contributed by atoms with E-state index in [4.69, 9.17) is 21.9 Å². The van der Waals surface area contributed by atoms with E-state index in [9.17, 15) is 0 Å². The number of hydrogen-bond acceptors (Lipinski definition) is 4. The van der Waals surface area contributed by atoms with Gasteiger partial charge in [-0.25, -0.2) is 4.98 Å². The quantitative estimate of drug-likeness (QED) is 0.733. The van der Waals surface area contributed by atoms with Crippen LogP contribution in [0.15, 0.2) is 22.6 Å². The molecule has 5 nitrogen and oxygen atoms in total. The van der Waals surface area contributed by atoms with Gasteiger partial charge in [0.1, 0.15) is 12.3 Å². The van der Waals surface area contributed by atoms with Crippen molar-refractivity contribution in [1.29, 1.82) is 5.26 Å². The monoisotopic (exact) mass is 284 g/mol. The lowest BCUT2D eigenvalue weighted by atomic mass is 10.2. The molecule has 0 aliphatic carbocycles. The Morgan fingerprint density at radius 3 is 2.90 bits per heavy atom. The van der Waals surface area contributed by atoms with Crippen LogP contribution in [-0.2, 0) is 6.54 Å². The van der Waals surface area contributed by atoms with Gasteiger partial charge in [-0.15, -0.1) is 0 Å². The summed E-state index contributed by atoms with van der Waals surface area (Å²) in [5.74, 6) is 1.42. The van der Waals surface area contributed by atoms with Gasteiger partial charge >= 0.3 is 0 Å². The number of aryl methyl sites for hydroxylation is 2. The molecule has 1 aromatic carbocycles. The maximum Gasteiger partial charge on any atom is 0.214 e. The van der Waals surface area contributed by atoms with Gasteiger partial charge in [0.2, 0.25) is 5.89 Å². The molecule has 0 radical (unpaired) electrons. The van der Waals surface area contributed by atoms with Crippen LogP contribution in [0.3, 0.4) is 0 Å². The number of aromatic nitrogens is 3. The molecule has 0 saturated carbocycles. The van der Waals surface area contributed by atoms with Gasteiger partial charge in [-0.05, 0) is 44.3 Å². The lowest BCUT2D eigenvalue weighted by molar-refractivity contribution is 0.458. The number of hydrogen-bond donors (Lipinski definition) is 1. The highest BCUT2D eigenvalue weighted by Gasteiger charge is 2.10. The Labute approximate surface area is 120 Å². The molecule has 0 unspecified atom stereocenters. The average Bonchev–Trinajstić information content (AvgIpc) is 2.90. The lowest BCUT2D eigenvalue weighted by Gasteiger charge is -2.01. The van der Waals surface area contributed by atoms with Crippen molar-refractivity contribution in [2.75, 3.05) is 0 Å². The van der Waals surface area contributed by atoms with Gasteiger partial charge in [-0.1, -0.05) is 0 Å². The number of rotatable bonds is 2. The van der Waals surface area contributed by atoms with Gasteiger partial charge in [0, 0.05) is 0 Å². The van der Waals surface area contributed by atoms with Crippen LogP contribution in [0, 0.1) is 29.9 Å². The molecule has 20 heavy (non-hydrogen) atoms. The first-order chi connectivity index (χ1) is 9.58. The fourth-order valence-corrected chi connectivity index (χ4v) is 2.39. The van der Waals surface area contributed by atoms with Gasteiger partial charge in [0.15, 0.2) is 4.77 Å². The molecule has 6 heteroatoms. The highest BCUT2D eigenvalue weighted by Crippen LogP contribution is 2.18. The van der Waals surface area contributed by atoms with Crippen molar-refractivity contribution in [3.8, 4) is 6.07 Å². The fourth-order valence-electron chi connectivity index (χ4n) is 2.12. The van der Waals surface area contributed by atoms with Gasteiger partial charge in [-0.3, -0.25) is 0 Å². The van der Waals surface area contributed by atoms with Gasteiger partial charge < -0.3 is 14.0 Å². The Hall–Kier alpha value is -2.39. The minimum Gasteiger partial charge on any atom is -0.444 e. The van der Waals surface area contributed by atoms with E-state index in [0.717, 1.165) is 22.5 Å². The minimum atomic E-state index is 0.447. The third-order valence-electron chi connectivity index (χ3n) is 3.27. The highest BCUT2D eigenvalue weighted by molar-refractivity contribution is 7.71. The summed E-state index contributed by atoms with van der Waals surface area (Å²) in [6.07, 6.45) is 0. The molecule has 0 aliphatic rings. The molecular weight excluding hydrogens is 272 g/mol. The summed E-state index contributed by atoms with van der Waals surface area (Å²) in [7, 11) is 0. The zero-order chi connectivity index (χ0) is 14.3. The summed E-state index contributed by atoms with van der Waals surface area (Å²) < 4.78 is 8.06. The summed E-state index contributed by atoms with van der Waals surface area (Å²) in [5, 5.41) is 9.00. The van der Waals surface area contributed by atoms with Crippen LogP contribution in [0.2, 0.25) is 0 Å². The SMILES string of the molecule is Cc1nc(Cn2c(=S)[nH]c3ccc(C#N)cc32)oc1C. The molecule has 0 spiro atoms. The van der Waals surface area contributed by atoms with Crippen molar-refractivity contribution in [2.24, 2.45) is 0 Å². The van der Waals surface area contributed by atoms with E-state index in [1.165, 1.54) is 0 Å². The molecule has 0 amide bonds. The molecule has 0 bridgehead atoms. The van der Waals surface area contributed by atoms with E-state index in [1.807, 2.05) is 30.5 Å². The topological polar surface area (TPSA) is 70.5 Å². The fraction of sp³-hybridized carbons (Fsp3) is 0.214. The Bertz CT molecular complexity index is 875. The first kappa shape index (κ1) is 12.6. The van der Waals surface area contributed by atoms with Crippen LogP contribution in [-0.4, -0.2) is 14.5 Å². The van der Waals surface area contributed by atoms with Crippen LogP contribution in [0.1, 0.15) is 22.9 Å². The number of nitrogens with zero attached hydrogens (tertiary/aromatic N) is 3. The van der Waals surface area contributed by atoms with E-state index < -0.39 is 0 Å². The summed E-state index contributed by atoms with van der Waals surface area (Å²) in [4.78, 5) is 7.48. The van der Waals surface area contributed by atoms with Crippen molar-refractivity contribution in [2.45, 2.75) is 20.4 Å². The Morgan fingerprint density at radius 1 is 1.45 bits per heavy atom. The normalized spacial score (nSPS) is 10.8. The molecule has 1 N–H and O–H groups in total. The predicted molar refractivity (Wildman–Crippen MR) is 76.9 cm³/mol. The van der Waals surface area contributed by atoms with Crippen molar-refractivity contribution in [3.63, 3.8) is 0 Å². The third kappa shape index (κ3) is 2.02. The van der Waals surface area contributed by atoms with Crippen LogP contribution >= 0.6 is 12.2 Å². The second kappa shape index (κ2) is 4.62. The van der Waals surface area contributed by atoms with Gasteiger partial charge in [0.05, 0.1) is 28.4 Å². The maximum absolute atomic E-state index is 9.00. The van der Waals surface area contributed by atoms with Crippen molar-refractivity contribution < 1.29 is 4.42 Å². The predicted octanol–water partition coefficient (Wildman–Crippen LogP) is 3.22. The molecule has 2 heterocycles. The Kier molecular flexibility index (Phi) is 2.92. The smallest absolute Gasteiger partial charge is 0.214 e. The minimum absolute atomic E-state index is 0.447. The molecule has 3 rings (SSSR count). The highest BCUT2D eigenvalue weighted by atomic mass is 32.1. The molecular formula is C14H12N4OS. The second-order valence-electron chi connectivity index (χ2n) is 4.61. The number of oxazole rings is 1. The molecule has 0 aliphatic heterocycles. The van der Waals surface area contributed by atoms with Crippen molar-refractivity contribution in [3.05, 3.63) is 45.9 Å². The van der Waals surface area contributed by atoms with E-state index in [-0.39, 0.29) is 0 Å². The number of aromatic amines is 1. The first-order valence-corrected chi connectivity index (χ1v) is 6.55. The van der Waals surface area contributed by atoms with Crippen LogP contribution in [0.25, 0.3) is 11.0 Å². The molecule has 0 saturated heterocycles. The van der Waals surface area contributed by atoms with E-state index in [2.05, 4.69) is 16.0 Å². The zero-order valence-corrected chi connectivity index (χ0v) is 11.9. The van der Waals surface area contributed by atoms with Crippen LogP contribution < -0.4 is 0 Å². The maximum atomic E-state index is 9.00. The first-order valence-electron chi connectivity index (χ1n) is 6.14. The van der Waals surface area contributed by atoms with E-state index in [0.29, 0.717) is 22.8 Å². The summed E-state index contributed by atoms with van der Waals surface area (Å²) in [6, 6.07) is 7.56. The van der Waals surface area contributed by atoms with Crippen LogP contribution in [0.4, 0.5) is 0 Å². The summed E-state index contributed by atoms with van der Waals surface area (Å²) >= 11 is 5.33. The number of nitriles is 1. The molecule has 3 aromatic rings. The summed E-state index contributed by atoms with van der Waals surface area (Å²) in [5.41, 5.74) is 3.25. The third-order valence-corrected chi connectivity index (χ3v) is 3.59. The standard InChI is InChI=1S/C14H12N4OS/c1-8-9(2)19-13(16-8)7-18-12-5-10(6-15)3-4-11(12)17-14(18)20/h3-5H,7H2,1-2H3,(H,17,20). The average molecular weight is 284 g/mol. The Balaban J connectivity index is 2.13. The molecule has 0 fully saturated rings. The largest absolute Gasteiger partial charge is 0.444 e. The van der Waals surface area contributed by atoms with Crippen molar-refractivity contribution >= 4 is 23.3 Å². The van der Waals surface area contributed by atoms with Gasteiger partial charge in [-0.2, -0.15) is 5.26 Å². The summed E-state index contributed by atoms with van der Waals surface area (Å²) in [6.45, 7) is 4.24. The van der Waals surface area contributed by atoms with E-state index in [1.54, 1.807) is 6.07 Å². The number of imidazole rings is 1. The second-order valence-corrected chi connectivity index (χ2v) is 5.00. The zero-order valence-electron chi connectivity index (χ0n) is 11.1. The number of benzene rings is 1. The lowest BCUT2D eigenvalue weighted by Crippen LogP contribution is -2.00. The Morgan fingerprint density at radius 2 is 2.25 bits per heavy atom. The number of fused-ring (bicyclic) bond motifs is 1. The van der Waals surface area contributed by atoms with E-state index >= 15 is 0 Å². The van der Waals surface area contributed by atoms with Crippen molar-refractivity contribution in [1.82, 2.24) is 14.5 Å². The number of H-pyrrole nitrogens is 1. The van der Waals surface area contributed by atoms with Gasteiger partial charge in [0.25, 0.3) is 0 Å². The van der Waals surface area contributed by atoms with Crippen LogP contribution in [0.5, 0.6) is 0 Å². The molecule has 2 aromatic heterocycles. The molecule has 0 atom stereocenters. The number of nitrogens with one attached hydrogen (secondary N) is 1. The molecule has 100 valence electrons.